The minimum atomic E-state index is -1.52. The molecule has 3 nitrogen and oxygen atoms in total. The van der Waals surface area contributed by atoms with Gasteiger partial charge in [0.1, 0.15) is 23.2 Å². The van der Waals surface area contributed by atoms with Crippen molar-refractivity contribution in [3.05, 3.63) is 65.5 Å². The number of anilines is 1. The van der Waals surface area contributed by atoms with Gasteiger partial charge in [-0.2, -0.15) is 0 Å². The molecule has 1 amide bonds. The zero-order valence-corrected chi connectivity index (χ0v) is 12.1. The Morgan fingerprint density at radius 3 is 2.27 bits per heavy atom. The summed E-state index contributed by atoms with van der Waals surface area (Å²) in [5.41, 5.74) is 0.450. The molecular weight excluding hydrogens is 315 g/mol. The van der Waals surface area contributed by atoms with Crippen molar-refractivity contribution in [2.45, 2.75) is 5.75 Å². The van der Waals surface area contributed by atoms with E-state index in [1.54, 1.807) is 0 Å². The number of hydrogen-bond acceptors (Lipinski definition) is 2. The normalized spacial score (nSPS) is 12.0. The first kappa shape index (κ1) is 16.2. The first-order chi connectivity index (χ1) is 10.4. The summed E-state index contributed by atoms with van der Waals surface area (Å²) >= 11 is 0. The number of rotatable bonds is 5. The van der Waals surface area contributed by atoms with Gasteiger partial charge in [-0.1, -0.05) is 12.1 Å². The van der Waals surface area contributed by atoms with Gasteiger partial charge in [0.05, 0.1) is 5.69 Å². The van der Waals surface area contributed by atoms with Crippen LogP contribution in [-0.4, -0.2) is 15.9 Å². The minimum Gasteiger partial charge on any atom is -0.323 e. The van der Waals surface area contributed by atoms with Crippen molar-refractivity contribution in [3.63, 3.8) is 0 Å². The average Bonchev–Trinajstić information content (AvgIpc) is 2.44. The largest absolute Gasteiger partial charge is 0.323 e. The highest BCUT2D eigenvalue weighted by atomic mass is 32.2. The lowest BCUT2D eigenvalue weighted by atomic mass is 10.2. The summed E-state index contributed by atoms with van der Waals surface area (Å²) in [5.74, 6) is -2.97. The number of halogens is 3. The maximum absolute atomic E-state index is 13.4. The van der Waals surface area contributed by atoms with Gasteiger partial charge in [-0.15, -0.1) is 0 Å². The van der Waals surface area contributed by atoms with Crippen LogP contribution in [0, 0.1) is 17.5 Å². The van der Waals surface area contributed by atoms with Gasteiger partial charge in [0.25, 0.3) is 0 Å². The summed E-state index contributed by atoms with van der Waals surface area (Å²) in [7, 11) is -1.52. The van der Waals surface area contributed by atoms with E-state index in [1.165, 1.54) is 24.3 Å². The molecule has 116 valence electrons. The van der Waals surface area contributed by atoms with Crippen LogP contribution in [-0.2, 0) is 21.3 Å². The van der Waals surface area contributed by atoms with Crippen molar-refractivity contribution >= 4 is 22.4 Å². The molecule has 0 bridgehead atoms. The van der Waals surface area contributed by atoms with Gasteiger partial charge in [-0.3, -0.25) is 9.00 Å². The number of benzene rings is 2. The Hall–Kier alpha value is -2.15. The highest BCUT2D eigenvalue weighted by Crippen LogP contribution is 2.15. The van der Waals surface area contributed by atoms with Crippen LogP contribution in [0.2, 0.25) is 0 Å². The van der Waals surface area contributed by atoms with Crippen LogP contribution in [0.25, 0.3) is 0 Å². The minimum absolute atomic E-state index is 0.0829. The Labute approximate surface area is 127 Å². The number of carbonyl (C=O) groups is 1. The zero-order valence-electron chi connectivity index (χ0n) is 11.3. The highest BCUT2D eigenvalue weighted by Gasteiger charge is 2.12. The van der Waals surface area contributed by atoms with Crippen LogP contribution < -0.4 is 5.32 Å². The molecule has 0 fully saturated rings. The average molecular weight is 327 g/mol. The van der Waals surface area contributed by atoms with E-state index in [1.807, 2.05) is 0 Å². The van der Waals surface area contributed by atoms with E-state index >= 15 is 0 Å². The van der Waals surface area contributed by atoms with E-state index in [2.05, 4.69) is 5.32 Å². The fourth-order valence-electron chi connectivity index (χ4n) is 1.74. The second-order valence-corrected chi connectivity index (χ2v) is 5.98. The van der Waals surface area contributed by atoms with Gasteiger partial charge < -0.3 is 5.32 Å². The molecule has 0 aliphatic rings. The Morgan fingerprint density at radius 1 is 1.00 bits per heavy atom. The van der Waals surface area contributed by atoms with Crippen LogP contribution in [0.15, 0.2) is 42.5 Å². The monoisotopic (exact) mass is 327 g/mol. The molecule has 0 aromatic heterocycles. The van der Waals surface area contributed by atoms with Crippen molar-refractivity contribution in [1.29, 1.82) is 0 Å². The SMILES string of the molecule is O=C(C[S@](=O)Cc1ccc(F)cc1)Nc1ccc(F)cc1F. The molecule has 2 aromatic carbocycles. The first-order valence-corrected chi connectivity index (χ1v) is 7.77. The molecular formula is C15H12F3NO2S. The Morgan fingerprint density at radius 2 is 1.64 bits per heavy atom. The van der Waals surface area contributed by atoms with Crippen LogP contribution in [0.4, 0.5) is 18.9 Å². The van der Waals surface area contributed by atoms with Gasteiger partial charge in [0.15, 0.2) is 0 Å². The summed E-state index contributed by atoms with van der Waals surface area (Å²) in [5, 5.41) is 2.23. The number of carbonyl (C=O) groups excluding carboxylic acids is 1. The van der Waals surface area contributed by atoms with Crippen LogP contribution in [0.5, 0.6) is 0 Å². The van der Waals surface area contributed by atoms with Crippen molar-refractivity contribution < 1.29 is 22.2 Å². The molecule has 1 atom stereocenters. The van der Waals surface area contributed by atoms with Crippen molar-refractivity contribution in [1.82, 2.24) is 0 Å². The molecule has 0 aliphatic carbocycles. The fourth-order valence-corrected chi connectivity index (χ4v) is 2.77. The molecule has 22 heavy (non-hydrogen) atoms. The number of hydrogen-bond donors (Lipinski definition) is 1. The lowest BCUT2D eigenvalue weighted by Crippen LogP contribution is -2.20. The number of amides is 1. The highest BCUT2D eigenvalue weighted by molar-refractivity contribution is 7.84. The molecule has 7 heteroatoms. The zero-order chi connectivity index (χ0) is 16.1. The van der Waals surface area contributed by atoms with E-state index in [0.29, 0.717) is 11.6 Å². The number of nitrogens with one attached hydrogen (secondary N) is 1. The molecule has 0 heterocycles. The molecule has 0 radical (unpaired) electrons. The predicted octanol–water partition coefficient (Wildman–Crippen LogP) is 2.99. The molecule has 0 saturated carbocycles. The Bertz CT molecular complexity index is 704. The summed E-state index contributed by atoms with van der Waals surface area (Å²) in [6, 6.07) is 8.17. The third-order valence-corrected chi connectivity index (χ3v) is 3.98. The lowest BCUT2D eigenvalue weighted by molar-refractivity contribution is -0.113. The first-order valence-electron chi connectivity index (χ1n) is 6.28. The quantitative estimate of drug-likeness (QED) is 0.918. The topological polar surface area (TPSA) is 46.2 Å². The van der Waals surface area contributed by atoms with Crippen molar-refractivity contribution in [2.24, 2.45) is 0 Å². The molecule has 0 unspecified atom stereocenters. The van der Waals surface area contributed by atoms with Gasteiger partial charge in [-0.25, -0.2) is 13.2 Å². The second-order valence-electron chi connectivity index (χ2n) is 4.53. The van der Waals surface area contributed by atoms with Gasteiger partial charge in [-0.05, 0) is 29.8 Å². The third kappa shape index (κ3) is 4.70. The maximum atomic E-state index is 13.4. The smallest absolute Gasteiger partial charge is 0.237 e. The second kappa shape index (κ2) is 7.22. The maximum Gasteiger partial charge on any atom is 0.237 e. The van der Waals surface area contributed by atoms with Crippen LogP contribution >= 0.6 is 0 Å². The molecule has 0 aliphatic heterocycles. The van der Waals surface area contributed by atoms with Gasteiger partial charge in [0.2, 0.25) is 5.91 Å². The standard InChI is InChI=1S/C15H12F3NO2S/c16-11-3-1-10(2-4-11)8-22(21)9-15(20)19-14-6-5-12(17)7-13(14)18/h1-7H,8-9H2,(H,19,20)/t22-/m1/s1. The summed E-state index contributed by atoms with van der Waals surface area (Å²) in [6.07, 6.45) is 0. The predicted molar refractivity (Wildman–Crippen MR) is 78.1 cm³/mol. The van der Waals surface area contributed by atoms with Gasteiger partial charge in [0, 0.05) is 22.6 Å². The van der Waals surface area contributed by atoms with E-state index in [4.69, 9.17) is 0 Å². The van der Waals surface area contributed by atoms with E-state index < -0.39 is 34.2 Å². The Balaban J connectivity index is 1.91. The molecule has 1 N–H and O–H groups in total. The van der Waals surface area contributed by atoms with E-state index in [9.17, 15) is 22.2 Å². The fraction of sp³-hybridized carbons (Fsp3) is 0.133. The van der Waals surface area contributed by atoms with Crippen molar-refractivity contribution in [3.8, 4) is 0 Å². The van der Waals surface area contributed by atoms with E-state index in [0.717, 1.165) is 12.1 Å². The molecule has 2 rings (SSSR count). The van der Waals surface area contributed by atoms with E-state index in [-0.39, 0.29) is 17.2 Å². The molecule has 0 saturated heterocycles. The third-order valence-electron chi connectivity index (χ3n) is 2.74. The summed E-state index contributed by atoms with van der Waals surface area (Å²) < 4.78 is 50.7. The summed E-state index contributed by atoms with van der Waals surface area (Å²) in [6.45, 7) is 0. The Kier molecular flexibility index (Phi) is 5.32. The summed E-state index contributed by atoms with van der Waals surface area (Å²) in [4.78, 5) is 11.7. The lowest BCUT2D eigenvalue weighted by Gasteiger charge is -2.06. The van der Waals surface area contributed by atoms with Crippen molar-refractivity contribution in [2.75, 3.05) is 11.1 Å². The molecule has 2 aromatic rings. The van der Waals surface area contributed by atoms with Crippen LogP contribution in [0.1, 0.15) is 5.56 Å². The van der Waals surface area contributed by atoms with Gasteiger partial charge >= 0.3 is 0 Å². The van der Waals surface area contributed by atoms with Crippen LogP contribution in [0.3, 0.4) is 0 Å². The molecule has 0 spiro atoms.